The minimum Gasteiger partial charge on any atom is -0.350 e. The van der Waals surface area contributed by atoms with Crippen LogP contribution >= 0.6 is 0 Å². The van der Waals surface area contributed by atoms with Gasteiger partial charge < -0.3 is 5.32 Å². The Morgan fingerprint density at radius 1 is 1.21 bits per heavy atom. The van der Waals surface area contributed by atoms with Crippen molar-refractivity contribution in [2.75, 3.05) is 17.1 Å². The van der Waals surface area contributed by atoms with Crippen LogP contribution in [0.4, 0.5) is 5.69 Å². The molecule has 0 aliphatic heterocycles. The molecule has 2 aromatic rings. The van der Waals surface area contributed by atoms with Gasteiger partial charge in [-0.05, 0) is 36.8 Å². The lowest BCUT2D eigenvalue weighted by atomic mass is 10.2. The van der Waals surface area contributed by atoms with Crippen molar-refractivity contribution in [1.82, 2.24) is 10.3 Å². The molecule has 0 bridgehead atoms. The normalized spacial score (nSPS) is 11.1. The lowest BCUT2D eigenvalue weighted by Crippen LogP contribution is -2.34. The molecule has 0 fully saturated rings. The minimum atomic E-state index is -3.46. The van der Waals surface area contributed by atoms with E-state index in [4.69, 9.17) is 0 Å². The predicted octanol–water partition coefficient (Wildman–Crippen LogP) is 1.86. The summed E-state index contributed by atoms with van der Waals surface area (Å²) in [7, 11) is -3.46. The van der Waals surface area contributed by atoms with E-state index in [0.29, 0.717) is 12.2 Å². The third-order valence-corrected chi connectivity index (χ3v) is 4.62. The molecule has 1 heterocycles. The van der Waals surface area contributed by atoms with Crippen LogP contribution in [0.1, 0.15) is 17.7 Å². The predicted molar refractivity (Wildman–Crippen MR) is 94.1 cm³/mol. The van der Waals surface area contributed by atoms with Gasteiger partial charge in [0.05, 0.1) is 24.2 Å². The van der Waals surface area contributed by atoms with E-state index >= 15 is 0 Å². The molecule has 1 aromatic heterocycles. The second-order valence-corrected chi connectivity index (χ2v) is 7.43. The van der Waals surface area contributed by atoms with Crippen LogP contribution in [-0.4, -0.2) is 32.1 Å². The summed E-state index contributed by atoms with van der Waals surface area (Å²) in [6.45, 7) is 2.31. The quantitative estimate of drug-likeness (QED) is 0.829. The Labute approximate surface area is 142 Å². The third kappa shape index (κ3) is 5.34. The third-order valence-electron chi connectivity index (χ3n) is 3.42. The summed E-state index contributed by atoms with van der Waals surface area (Å²) in [5.74, 6) is -0.220. The molecule has 0 radical (unpaired) electrons. The van der Waals surface area contributed by atoms with Crippen molar-refractivity contribution in [2.24, 2.45) is 0 Å². The SMILES string of the molecule is Cc1cccc(N(CCC(=O)NCc2ccccn2)S(C)(=O)=O)c1. The Bertz CT molecular complexity index is 792. The van der Waals surface area contributed by atoms with E-state index in [9.17, 15) is 13.2 Å². The summed E-state index contributed by atoms with van der Waals surface area (Å²) < 4.78 is 25.3. The number of amides is 1. The first kappa shape index (κ1) is 17.9. The van der Waals surface area contributed by atoms with Gasteiger partial charge in [-0.25, -0.2) is 8.42 Å². The molecule has 0 saturated carbocycles. The Hall–Kier alpha value is -2.41. The Balaban J connectivity index is 1.97. The highest BCUT2D eigenvalue weighted by Gasteiger charge is 2.18. The topological polar surface area (TPSA) is 79.4 Å². The molecule has 0 atom stereocenters. The maximum atomic E-state index is 12.0. The van der Waals surface area contributed by atoms with Crippen LogP contribution in [0.5, 0.6) is 0 Å². The highest BCUT2D eigenvalue weighted by molar-refractivity contribution is 7.92. The van der Waals surface area contributed by atoms with E-state index in [-0.39, 0.29) is 18.9 Å². The monoisotopic (exact) mass is 347 g/mol. The highest BCUT2D eigenvalue weighted by atomic mass is 32.2. The highest BCUT2D eigenvalue weighted by Crippen LogP contribution is 2.19. The standard InChI is InChI=1S/C17H21N3O3S/c1-14-6-5-8-16(12-14)20(24(2,22)23)11-9-17(21)19-13-15-7-3-4-10-18-15/h3-8,10,12H,9,11,13H2,1-2H3,(H,19,21). The number of aryl methyl sites for hydroxylation is 1. The van der Waals surface area contributed by atoms with Gasteiger partial charge in [0.2, 0.25) is 15.9 Å². The second kappa shape index (κ2) is 7.92. The second-order valence-electron chi connectivity index (χ2n) is 5.52. The van der Waals surface area contributed by atoms with Crippen molar-refractivity contribution >= 4 is 21.6 Å². The molecule has 0 aliphatic carbocycles. The largest absolute Gasteiger partial charge is 0.350 e. The number of nitrogens with zero attached hydrogens (tertiary/aromatic N) is 2. The Morgan fingerprint density at radius 2 is 2.00 bits per heavy atom. The van der Waals surface area contributed by atoms with E-state index in [1.807, 2.05) is 25.1 Å². The molecule has 1 N–H and O–H groups in total. The Morgan fingerprint density at radius 3 is 2.62 bits per heavy atom. The van der Waals surface area contributed by atoms with Gasteiger partial charge in [0, 0.05) is 19.2 Å². The molecule has 0 aliphatic rings. The molecule has 2 rings (SSSR count). The molecule has 6 nitrogen and oxygen atoms in total. The lowest BCUT2D eigenvalue weighted by Gasteiger charge is -2.22. The molecule has 1 amide bonds. The molecule has 7 heteroatoms. The van der Waals surface area contributed by atoms with Crippen molar-refractivity contribution in [1.29, 1.82) is 0 Å². The number of anilines is 1. The van der Waals surface area contributed by atoms with Crippen molar-refractivity contribution in [3.8, 4) is 0 Å². The molecule has 0 saturated heterocycles. The zero-order chi connectivity index (χ0) is 17.6. The van der Waals surface area contributed by atoms with Crippen LogP contribution in [0.15, 0.2) is 48.7 Å². The van der Waals surface area contributed by atoms with Crippen molar-refractivity contribution < 1.29 is 13.2 Å². The summed E-state index contributed by atoms with van der Waals surface area (Å²) >= 11 is 0. The van der Waals surface area contributed by atoms with Gasteiger partial charge in [-0.1, -0.05) is 18.2 Å². The minimum absolute atomic E-state index is 0.0772. The first-order valence-electron chi connectivity index (χ1n) is 7.57. The number of carbonyl (C=O) groups excluding carboxylic acids is 1. The van der Waals surface area contributed by atoms with E-state index in [1.54, 1.807) is 30.5 Å². The number of pyridine rings is 1. The van der Waals surface area contributed by atoms with Crippen LogP contribution < -0.4 is 9.62 Å². The number of aromatic nitrogens is 1. The first-order valence-corrected chi connectivity index (χ1v) is 9.42. The molecule has 1 aromatic carbocycles. The fourth-order valence-corrected chi connectivity index (χ4v) is 3.17. The fraction of sp³-hybridized carbons (Fsp3) is 0.294. The van der Waals surface area contributed by atoms with E-state index in [1.165, 1.54) is 4.31 Å². The maximum absolute atomic E-state index is 12.0. The summed E-state index contributed by atoms with van der Waals surface area (Å²) in [6, 6.07) is 12.7. The summed E-state index contributed by atoms with van der Waals surface area (Å²) in [4.78, 5) is 16.1. The summed E-state index contributed by atoms with van der Waals surface area (Å²) in [6.07, 6.45) is 2.87. The smallest absolute Gasteiger partial charge is 0.232 e. The van der Waals surface area contributed by atoms with Crippen molar-refractivity contribution in [3.63, 3.8) is 0 Å². The van der Waals surface area contributed by atoms with Gasteiger partial charge in [-0.15, -0.1) is 0 Å². The van der Waals surface area contributed by atoms with Crippen LogP contribution in [0, 0.1) is 6.92 Å². The zero-order valence-corrected chi connectivity index (χ0v) is 14.6. The number of carbonyl (C=O) groups is 1. The van der Waals surface area contributed by atoms with Crippen LogP contribution in [0.2, 0.25) is 0 Å². The lowest BCUT2D eigenvalue weighted by molar-refractivity contribution is -0.121. The Kier molecular flexibility index (Phi) is 5.92. The number of nitrogens with one attached hydrogen (secondary N) is 1. The fourth-order valence-electron chi connectivity index (χ4n) is 2.25. The molecule has 128 valence electrons. The van der Waals surface area contributed by atoms with Gasteiger partial charge in [0.1, 0.15) is 0 Å². The van der Waals surface area contributed by atoms with Gasteiger partial charge in [-0.2, -0.15) is 0 Å². The maximum Gasteiger partial charge on any atom is 0.232 e. The van der Waals surface area contributed by atoms with Gasteiger partial charge in [-0.3, -0.25) is 14.1 Å². The van der Waals surface area contributed by atoms with E-state index < -0.39 is 10.0 Å². The molecule has 0 spiro atoms. The number of sulfonamides is 1. The van der Waals surface area contributed by atoms with Crippen molar-refractivity contribution in [2.45, 2.75) is 19.9 Å². The number of hydrogen-bond acceptors (Lipinski definition) is 4. The van der Waals surface area contributed by atoms with Crippen LogP contribution in [-0.2, 0) is 21.4 Å². The van der Waals surface area contributed by atoms with Crippen LogP contribution in [0.25, 0.3) is 0 Å². The summed E-state index contributed by atoms with van der Waals surface area (Å²) in [5.41, 5.74) is 2.28. The zero-order valence-electron chi connectivity index (χ0n) is 13.8. The van der Waals surface area contributed by atoms with Gasteiger partial charge in [0.25, 0.3) is 0 Å². The van der Waals surface area contributed by atoms with Gasteiger partial charge in [0.15, 0.2) is 0 Å². The molecule has 0 unspecified atom stereocenters. The average molecular weight is 347 g/mol. The molecular weight excluding hydrogens is 326 g/mol. The molecular formula is C17H21N3O3S. The number of hydrogen-bond donors (Lipinski definition) is 1. The van der Waals surface area contributed by atoms with E-state index in [2.05, 4.69) is 10.3 Å². The number of benzene rings is 1. The molecule has 24 heavy (non-hydrogen) atoms. The first-order chi connectivity index (χ1) is 11.4. The van der Waals surface area contributed by atoms with Crippen molar-refractivity contribution in [3.05, 3.63) is 59.9 Å². The van der Waals surface area contributed by atoms with Crippen LogP contribution in [0.3, 0.4) is 0 Å². The summed E-state index contributed by atoms with van der Waals surface area (Å²) in [5, 5.41) is 2.75. The van der Waals surface area contributed by atoms with Gasteiger partial charge >= 0.3 is 0 Å². The van der Waals surface area contributed by atoms with E-state index in [0.717, 1.165) is 17.5 Å². The average Bonchev–Trinajstić information content (AvgIpc) is 2.53. The number of rotatable bonds is 7.